The van der Waals surface area contributed by atoms with Crippen molar-refractivity contribution in [2.24, 2.45) is 4.99 Å². The van der Waals surface area contributed by atoms with E-state index in [4.69, 9.17) is 0 Å². The molecule has 3 heteroatoms. The molecule has 0 aliphatic carbocycles. The first-order chi connectivity index (χ1) is 10.7. The SMILES string of the molecule is Oc1ccc(N=C(c2ccccc2)c2ccccc2)c(O)c1. The van der Waals surface area contributed by atoms with Crippen LogP contribution in [0.1, 0.15) is 11.1 Å². The molecule has 0 bridgehead atoms. The second-order valence-corrected chi connectivity index (χ2v) is 4.87. The van der Waals surface area contributed by atoms with E-state index in [2.05, 4.69) is 4.99 Å². The van der Waals surface area contributed by atoms with Crippen LogP contribution in [0.2, 0.25) is 0 Å². The fraction of sp³-hybridized carbons (Fsp3) is 0. The van der Waals surface area contributed by atoms with Gasteiger partial charge in [-0.3, -0.25) is 0 Å². The van der Waals surface area contributed by atoms with Crippen LogP contribution >= 0.6 is 0 Å². The molecule has 3 aromatic rings. The van der Waals surface area contributed by atoms with Crippen molar-refractivity contribution < 1.29 is 10.2 Å². The molecule has 0 saturated carbocycles. The molecule has 3 rings (SSSR count). The van der Waals surface area contributed by atoms with Gasteiger partial charge in [-0.15, -0.1) is 0 Å². The summed E-state index contributed by atoms with van der Waals surface area (Å²) in [6.07, 6.45) is 0. The summed E-state index contributed by atoms with van der Waals surface area (Å²) in [5.74, 6) is -0.0400. The molecule has 0 unspecified atom stereocenters. The smallest absolute Gasteiger partial charge is 0.144 e. The molecule has 0 spiro atoms. The van der Waals surface area contributed by atoms with Crippen molar-refractivity contribution in [2.45, 2.75) is 0 Å². The molecule has 0 heterocycles. The Balaban J connectivity index is 2.15. The lowest BCUT2D eigenvalue weighted by Crippen LogP contribution is -2.02. The minimum Gasteiger partial charge on any atom is -0.508 e. The van der Waals surface area contributed by atoms with E-state index in [9.17, 15) is 10.2 Å². The molecule has 0 amide bonds. The summed E-state index contributed by atoms with van der Waals surface area (Å²) in [4.78, 5) is 4.60. The Hall–Kier alpha value is -3.07. The van der Waals surface area contributed by atoms with Gasteiger partial charge in [0, 0.05) is 17.2 Å². The van der Waals surface area contributed by atoms with E-state index in [1.54, 1.807) is 6.07 Å². The average molecular weight is 289 g/mol. The molecule has 3 nitrogen and oxygen atoms in total. The van der Waals surface area contributed by atoms with Gasteiger partial charge >= 0.3 is 0 Å². The normalized spacial score (nSPS) is 10.2. The van der Waals surface area contributed by atoms with Gasteiger partial charge in [0.1, 0.15) is 17.2 Å². The summed E-state index contributed by atoms with van der Waals surface area (Å²) in [6.45, 7) is 0. The Labute approximate surface area is 128 Å². The van der Waals surface area contributed by atoms with Crippen molar-refractivity contribution >= 4 is 11.4 Å². The number of aliphatic imine (C=N–C) groups is 1. The number of nitrogens with zero attached hydrogens (tertiary/aromatic N) is 1. The average Bonchev–Trinajstić information content (AvgIpc) is 2.56. The number of hydrogen-bond acceptors (Lipinski definition) is 3. The molecule has 108 valence electrons. The van der Waals surface area contributed by atoms with Crippen LogP contribution in [0.3, 0.4) is 0 Å². The first-order valence-electron chi connectivity index (χ1n) is 6.95. The minimum atomic E-state index is -0.0515. The van der Waals surface area contributed by atoms with Gasteiger partial charge in [0.2, 0.25) is 0 Å². The Kier molecular flexibility index (Phi) is 3.88. The van der Waals surface area contributed by atoms with Crippen LogP contribution in [0.15, 0.2) is 83.9 Å². The van der Waals surface area contributed by atoms with Crippen LogP contribution in [-0.4, -0.2) is 15.9 Å². The predicted molar refractivity (Wildman–Crippen MR) is 88.0 cm³/mol. The van der Waals surface area contributed by atoms with Crippen molar-refractivity contribution in [3.8, 4) is 11.5 Å². The topological polar surface area (TPSA) is 52.8 Å². The van der Waals surface area contributed by atoms with Gasteiger partial charge in [-0.25, -0.2) is 4.99 Å². The van der Waals surface area contributed by atoms with E-state index in [0.717, 1.165) is 16.8 Å². The minimum absolute atomic E-state index is 0.0115. The van der Waals surface area contributed by atoms with E-state index >= 15 is 0 Å². The summed E-state index contributed by atoms with van der Waals surface area (Å²) < 4.78 is 0. The van der Waals surface area contributed by atoms with Crippen LogP contribution in [0.5, 0.6) is 11.5 Å². The van der Waals surface area contributed by atoms with Crippen molar-refractivity contribution in [1.29, 1.82) is 0 Å². The maximum absolute atomic E-state index is 9.97. The van der Waals surface area contributed by atoms with Gasteiger partial charge in [-0.1, -0.05) is 60.7 Å². The third-order valence-electron chi connectivity index (χ3n) is 3.29. The van der Waals surface area contributed by atoms with E-state index in [1.165, 1.54) is 12.1 Å². The van der Waals surface area contributed by atoms with Crippen molar-refractivity contribution in [3.05, 3.63) is 90.0 Å². The third kappa shape index (κ3) is 2.99. The molecule has 0 aliphatic rings. The monoisotopic (exact) mass is 289 g/mol. The van der Waals surface area contributed by atoms with Gasteiger partial charge in [0.05, 0.1) is 5.71 Å². The van der Waals surface area contributed by atoms with E-state index < -0.39 is 0 Å². The zero-order valence-electron chi connectivity index (χ0n) is 11.8. The lowest BCUT2D eigenvalue weighted by molar-refractivity contribution is 0.451. The van der Waals surface area contributed by atoms with E-state index in [1.807, 2.05) is 60.7 Å². The summed E-state index contributed by atoms with van der Waals surface area (Å²) in [5, 5.41) is 19.4. The van der Waals surface area contributed by atoms with Gasteiger partial charge in [0.25, 0.3) is 0 Å². The maximum atomic E-state index is 9.97. The van der Waals surface area contributed by atoms with Gasteiger partial charge in [0.15, 0.2) is 0 Å². The number of hydrogen-bond donors (Lipinski definition) is 2. The highest BCUT2D eigenvalue weighted by atomic mass is 16.3. The molecule has 0 aliphatic heterocycles. The first kappa shape index (κ1) is 13.9. The Bertz CT molecular complexity index is 755. The van der Waals surface area contributed by atoms with Crippen LogP contribution in [0.25, 0.3) is 0 Å². The summed E-state index contributed by atoms with van der Waals surface area (Å²) in [5.41, 5.74) is 3.10. The molecule has 0 radical (unpaired) electrons. The highest BCUT2D eigenvalue weighted by Gasteiger charge is 2.08. The molecule has 0 fully saturated rings. The molecule has 0 atom stereocenters. The predicted octanol–water partition coefficient (Wildman–Crippen LogP) is 4.27. The Morgan fingerprint density at radius 2 is 1.23 bits per heavy atom. The number of rotatable bonds is 3. The van der Waals surface area contributed by atoms with Crippen LogP contribution in [0, 0.1) is 0 Å². The van der Waals surface area contributed by atoms with Crippen LogP contribution in [0.4, 0.5) is 5.69 Å². The molecule has 0 aromatic heterocycles. The molecule has 22 heavy (non-hydrogen) atoms. The molecular formula is C19H15NO2. The molecular weight excluding hydrogens is 274 g/mol. The Morgan fingerprint density at radius 1 is 0.682 bits per heavy atom. The molecule has 0 saturated heterocycles. The number of phenols is 2. The highest BCUT2D eigenvalue weighted by Crippen LogP contribution is 2.31. The van der Waals surface area contributed by atoms with Gasteiger partial charge in [-0.2, -0.15) is 0 Å². The van der Waals surface area contributed by atoms with Crippen LogP contribution < -0.4 is 0 Å². The van der Waals surface area contributed by atoms with Gasteiger partial charge in [-0.05, 0) is 12.1 Å². The fourth-order valence-electron chi connectivity index (χ4n) is 2.21. The lowest BCUT2D eigenvalue weighted by atomic mass is 10.0. The lowest BCUT2D eigenvalue weighted by Gasteiger charge is -2.08. The van der Waals surface area contributed by atoms with E-state index in [0.29, 0.717) is 5.69 Å². The van der Waals surface area contributed by atoms with Crippen LogP contribution in [-0.2, 0) is 0 Å². The van der Waals surface area contributed by atoms with Crippen molar-refractivity contribution in [1.82, 2.24) is 0 Å². The summed E-state index contributed by atoms with van der Waals surface area (Å²) in [7, 11) is 0. The Morgan fingerprint density at radius 3 is 1.73 bits per heavy atom. The van der Waals surface area contributed by atoms with Crippen molar-refractivity contribution in [3.63, 3.8) is 0 Å². The largest absolute Gasteiger partial charge is 0.508 e. The number of phenolic OH excluding ortho intramolecular Hbond substituents is 2. The summed E-state index contributed by atoms with van der Waals surface area (Å²) >= 11 is 0. The quantitative estimate of drug-likeness (QED) is 0.708. The zero-order valence-corrected chi connectivity index (χ0v) is 11.8. The fourth-order valence-corrected chi connectivity index (χ4v) is 2.21. The maximum Gasteiger partial charge on any atom is 0.144 e. The molecule has 2 N–H and O–H groups in total. The highest BCUT2D eigenvalue weighted by molar-refractivity contribution is 6.14. The number of aromatic hydroxyl groups is 2. The summed E-state index contributed by atoms with van der Waals surface area (Å²) in [6, 6.07) is 24.0. The van der Waals surface area contributed by atoms with Gasteiger partial charge < -0.3 is 10.2 Å². The zero-order chi connectivity index (χ0) is 15.4. The number of benzene rings is 3. The second-order valence-electron chi connectivity index (χ2n) is 4.87. The standard InChI is InChI=1S/C19H15NO2/c21-16-11-12-17(18(22)13-16)20-19(14-7-3-1-4-8-14)15-9-5-2-6-10-15/h1-13,21-22H. The molecule has 3 aromatic carbocycles. The van der Waals surface area contributed by atoms with Crippen molar-refractivity contribution in [2.75, 3.05) is 0 Å². The first-order valence-corrected chi connectivity index (χ1v) is 6.95. The third-order valence-corrected chi connectivity index (χ3v) is 3.29. The van der Waals surface area contributed by atoms with E-state index in [-0.39, 0.29) is 11.5 Å². The second kappa shape index (κ2) is 6.14.